The van der Waals surface area contributed by atoms with Crippen LogP contribution in [0, 0.1) is 0 Å². The predicted octanol–water partition coefficient (Wildman–Crippen LogP) is 4.38. The minimum Gasteiger partial charge on any atom is -0.494 e. The first-order valence-electron chi connectivity index (χ1n) is 11.1. The smallest absolute Gasteiger partial charge is 0.251 e. The molecule has 3 rings (SSSR count). The molecule has 1 N–H and O–H groups in total. The van der Waals surface area contributed by atoms with Crippen LogP contribution in [0.15, 0.2) is 72.8 Å². The van der Waals surface area contributed by atoms with Gasteiger partial charge in [0, 0.05) is 12.1 Å². The molecule has 0 radical (unpaired) electrons. The second kappa shape index (κ2) is 11.6. The van der Waals surface area contributed by atoms with Crippen molar-refractivity contribution in [2.75, 3.05) is 23.8 Å². The van der Waals surface area contributed by atoms with E-state index >= 15 is 0 Å². The topological polar surface area (TPSA) is 84.9 Å². The van der Waals surface area contributed by atoms with E-state index in [0.29, 0.717) is 36.8 Å². The molecule has 3 aromatic rings. The summed E-state index contributed by atoms with van der Waals surface area (Å²) in [5.74, 6) is 1.05. The summed E-state index contributed by atoms with van der Waals surface area (Å²) in [5.41, 5.74) is 2.65. The highest BCUT2D eigenvalue weighted by molar-refractivity contribution is 7.92. The van der Waals surface area contributed by atoms with Crippen molar-refractivity contribution in [2.24, 2.45) is 0 Å². The molecule has 0 aliphatic carbocycles. The molecule has 0 unspecified atom stereocenters. The zero-order valence-corrected chi connectivity index (χ0v) is 20.5. The number of sulfonamides is 1. The molecule has 0 atom stereocenters. The Morgan fingerprint density at radius 2 is 1.59 bits per heavy atom. The maximum Gasteiger partial charge on any atom is 0.251 e. The van der Waals surface area contributed by atoms with E-state index in [1.807, 2.05) is 38.1 Å². The highest BCUT2D eigenvalue weighted by Gasteiger charge is 2.21. The van der Waals surface area contributed by atoms with Gasteiger partial charge in [-0.1, -0.05) is 36.4 Å². The summed E-state index contributed by atoms with van der Waals surface area (Å²) in [7, 11) is -3.57. The molecule has 0 saturated carbocycles. The first kappa shape index (κ1) is 25.1. The van der Waals surface area contributed by atoms with Crippen LogP contribution in [0.2, 0.25) is 0 Å². The van der Waals surface area contributed by atoms with Gasteiger partial charge in [0.1, 0.15) is 11.5 Å². The largest absolute Gasteiger partial charge is 0.494 e. The maximum atomic E-state index is 12.6. The Balaban J connectivity index is 1.70. The monoisotopic (exact) mass is 482 g/mol. The number of nitrogens with zero attached hydrogens (tertiary/aromatic N) is 1. The van der Waals surface area contributed by atoms with E-state index in [-0.39, 0.29) is 12.5 Å². The fourth-order valence-electron chi connectivity index (χ4n) is 3.45. The van der Waals surface area contributed by atoms with Gasteiger partial charge < -0.3 is 14.8 Å². The molecule has 0 saturated heterocycles. The van der Waals surface area contributed by atoms with Crippen LogP contribution in [0.3, 0.4) is 0 Å². The van der Waals surface area contributed by atoms with E-state index in [0.717, 1.165) is 23.1 Å². The van der Waals surface area contributed by atoms with Crippen molar-refractivity contribution in [1.29, 1.82) is 0 Å². The van der Waals surface area contributed by atoms with Crippen LogP contribution in [0.4, 0.5) is 5.69 Å². The number of carbonyl (C=O) groups excluding carboxylic acids is 1. The van der Waals surface area contributed by atoms with Crippen molar-refractivity contribution in [3.05, 3.63) is 89.5 Å². The Kier molecular flexibility index (Phi) is 8.54. The number of amides is 1. The zero-order chi connectivity index (χ0) is 24.6. The third kappa shape index (κ3) is 6.74. The van der Waals surface area contributed by atoms with E-state index in [9.17, 15) is 13.2 Å². The molecule has 7 nitrogen and oxygen atoms in total. The van der Waals surface area contributed by atoms with Crippen molar-refractivity contribution >= 4 is 21.6 Å². The Bertz CT molecular complexity index is 1210. The van der Waals surface area contributed by atoms with Crippen molar-refractivity contribution in [3.63, 3.8) is 0 Å². The molecule has 0 bridgehead atoms. The van der Waals surface area contributed by atoms with Crippen molar-refractivity contribution in [1.82, 2.24) is 5.32 Å². The van der Waals surface area contributed by atoms with Crippen LogP contribution >= 0.6 is 0 Å². The molecule has 0 aliphatic rings. The van der Waals surface area contributed by atoms with E-state index in [1.165, 1.54) is 4.31 Å². The molecule has 1 amide bonds. The van der Waals surface area contributed by atoms with Crippen molar-refractivity contribution in [2.45, 2.75) is 26.9 Å². The van der Waals surface area contributed by atoms with Gasteiger partial charge >= 0.3 is 0 Å². The standard InChI is InChI=1S/C26H30N2O5S/c1-4-32-23-10-8-9-21(17-23)18-27-26(29)22-15-13-20(14-16-22)19-28(34(3,30)31)24-11-6-7-12-25(24)33-5-2/h6-17H,4-5,18-19H2,1-3H3,(H,27,29). The zero-order valence-electron chi connectivity index (χ0n) is 19.7. The summed E-state index contributed by atoms with van der Waals surface area (Å²) in [6.45, 7) is 5.27. The summed E-state index contributed by atoms with van der Waals surface area (Å²) in [4.78, 5) is 12.6. The number of benzene rings is 3. The highest BCUT2D eigenvalue weighted by atomic mass is 32.2. The second-order valence-electron chi connectivity index (χ2n) is 7.63. The first-order chi connectivity index (χ1) is 16.3. The molecular formula is C26H30N2O5S. The first-order valence-corrected chi connectivity index (χ1v) is 12.9. The van der Waals surface area contributed by atoms with Crippen molar-refractivity contribution in [3.8, 4) is 11.5 Å². The average Bonchev–Trinajstić information content (AvgIpc) is 2.82. The number of carbonyl (C=O) groups is 1. The van der Waals surface area contributed by atoms with Gasteiger partial charge in [0.05, 0.1) is 31.7 Å². The summed E-state index contributed by atoms with van der Waals surface area (Å²) in [6, 6.07) is 21.5. The van der Waals surface area contributed by atoms with Gasteiger partial charge in [-0.15, -0.1) is 0 Å². The lowest BCUT2D eigenvalue weighted by molar-refractivity contribution is 0.0951. The molecule has 3 aromatic carbocycles. The number of rotatable bonds is 11. The highest BCUT2D eigenvalue weighted by Crippen LogP contribution is 2.31. The van der Waals surface area contributed by atoms with Crippen LogP contribution < -0.4 is 19.1 Å². The van der Waals surface area contributed by atoms with E-state index in [2.05, 4.69) is 5.32 Å². The van der Waals surface area contributed by atoms with Crippen LogP contribution in [-0.2, 0) is 23.1 Å². The fourth-order valence-corrected chi connectivity index (χ4v) is 4.34. The summed E-state index contributed by atoms with van der Waals surface area (Å²) >= 11 is 0. The molecule has 34 heavy (non-hydrogen) atoms. The molecule has 0 fully saturated rings. The number of ether oxygens (including phenoxy) is 2. The third-order valence-electron chi connectivity index (χ3n) is 5.04. The fraction of sp³-hybridized carbons (Fsp3) is 0.269. The van der Waals surface area contributed by atoms with Crippen LogP contribution in [-0.4, -0.2) is 33.8 Å². The van der Waals surface area contributed by atoms with Gasteiger partial charge in [-0.3, -0.25) is 9.10 Å². The number of nitrogens with one attached hydrogen (secondary N) is 1. The lowest BCUT2D eigenvalue weighted by Gasteiger charge is -2.24. The van der Waals surface area contributed by atoms with Gasteiger partial charge in [-0.05, 0) is 61.4 Å². The lowest BCUT2D eigenvalue weighted by Crippen LogP contribution is -2.29. The van der Waals surface area contributed by atoms with Gasteiger partial charge in [-0.25, -0.2) is 8.42 Å². The normalized spacial score (nSPS) is 11.0. The quantitative estimate of drug-likeness (QED) is 0.438. The third-order valence-corrected chi connectivity index (χ3v) is 6.17. The average molecular weight is 483 g/mol. The molecule has 0 aliphatic heterocycles. The summed E-state index contributed by atoms with van der Waals surface area (Å²) < 4.78 is 37.5. The van der Waals surface area contributed by atoms with Gasteiger partial charge in [0.2, 0.25) is 10.0 Å². The molecule has 0 spiro atoms. The summed E-state index contributed by atoms with van der Waals surface area (Å²) in [6.07, 6.45) is 1.16. The Morgan fingerprint density at radius 1 is 0.882 bits per heavy atom. The number of hydrogen-bond acceptors (Lipinski definition) is 5. The Hall–Kier alpha value is -3.52. The molecule has 0 aromatic heterocycles. The molecule has 180 valence electrons. The van der Waals surface area contributed by atoms with Crippen LogP contribution in [0.25, 0.3) is 0 Å². The lowest BCUT2D eigenvalue weighted by atomic mass is 10.1. The minimum atomic E-state index is -3.57. The molecular weight excluding hydrogens is 452 g/mol. The van der Waals surface area contributed by atoms with E-state index in [1.54, 1.807) is 48.5 Å². The molecule has 0 heterocycles. The Morgan fingerprint density at radius 3 is 2.26 bits per heavy atom. The van der Waals surface area contributed by atoms with Crippen LogP contribution in [0.1, 0.15) is 35.3 Å². The van der Waals surface area contributed by atoms with Gasteiger partial charge in [0.25, 0.3) is 5.91 Å². The number of anilines is 1. The Labute approximate surface area is 201 Å². The van der Waals surface area contributed by atoms with E-state index in [4.69, 9.17) is 9.47 Å². The van der Waals surface area contributed by atoms with E-state index < -0.39 is 10.0 Å². The molecule has 8 heteroatoms. The minimum absolute atomic E-state index is 0.120. The number of hydrogen-bond donors (Lipinski definition) is 1. The van der Waals surface area contributed by atoms with Crippen molar-refractivity contribution < 1.29 is 22.7 Å². The maximum absolute atomic E-state index is 12.6. The van der Waals surface area contributed by atoms with Gasteiger partial charge in [-0.2, -0.15) is 0 Å². The number of para-hydroxylation sites is 2. The predicted molar refractivity (Wildman–Crippen MR) is 134 cm³/mol. The SMILES string of the molecule is CCOc1cccc(CNC(=O)c2ccc(CN(c3ccccc3OCC)S(C)(=O)=O)cc2)c1. The van der Waals surface area contributed by atoms with Gasteiger partial charge in [0.15, 0.2) is 0 Å². The summed E-state index contributed by atoms with van der Waals surface area (Å²) in [5, 5.41) is 2.90. The van der Waals surface area contributed by atoms with Crippen LogP contribution in [0.5, 0.6) is 11.5 Å². The second-order valence-corrected chi connectivity index (χ2v) is 9.54.